The second-order valence-corrected chi connectivity index (χ2v) is 12.4. The molecule has 202 valence electrons. The lowest BCUT2D eigenvalue weighted by Crippen LogP contribution is -2.51. The maximum absolute atomic E-state index is 13.8. The maximum Gasteiger partial charge on any atom is 0.264 e. The van der Waals surface area contributed by atoms with Crippen LogP contribution in [0.3, 0.4) is 0 Å². The number of nitrogens with one attached hydrogen (secondary N) is 1. The van der Waals surface area contributed by atoms with E-state index in [-0.39, 0.29) is 23.3 Å². The van der Waals surface area contributed by atoms with Gasteiger partial charge in [-0.15, -0.1) is 0 Å². The van der Waals surface area contributed by atoms with Crippen LogP contribution in [0.2, 0.25) is 0 Å². The topological polar surface area (TPSA) is 86.8 Å². The molecule has 0 saturated heterocycles. The number of aryl methyl sites for hydroxylation is 1. The molecular formula is C29H34BrN3O4S. The first-order valence-corrected chi connectivity index (χ1v) is 14.7. The van der Waals surface area contributed by atoms with Crippen molar-refractivity contribution in [2.24, 2.45) is 5.92 Å². The number of carbonyl (C=O) groups is 2. The number of carbonyl (C=O) groups excluding carboxylic acids is 2. The Labute approximate surface area is 234 Å². The van der Waals surface area contributed by atoms with Gasteiger partial charge in [-0.3, -0.25) is 13.9 Å². The summed E-state index contributed by atoms with van der Waals surface area (Å²) in [5.74, 6) is -0.531. The van der Waals surface area contributed by atoms with Crippen molar-refractivity contribution in [2.45, 2.75) is 45.2 Å². The quantitative estimate of drug-likeness (QED) is 0.330. The van der Waals surface area contributed by atoms with E-state index in [1.54, 1.807) is 43.3 Å². The summed E-state index contributed by atoms with van der Waals surface area (Å²) >= 11 is 3.38. The molecular weight excluding hydrogens is 566 g/mol. The van der Waals surface area contributed by atoms with Crippen LogP contribution in [0.25, 0.3) is 0 Å². The van der Waals surface area contributed by atoms with E-state index in [0.29, 0.717) is 12.2 Å². The highest BCUT2D eigenvalue weighted by Crippen LogP contribution is 2.26. The van der Waals surface area contributed by atoms with Gasteiger partial charge in [0.05, 0.1) is 10.6 Å². The molecule has 0 aliphatic carbocycles. The molecule has 0 heterocycles. The Balaban J connectivity index is 1.99. The fourth-order valence-corrected chi connectivity index (χ4v) is 5.47. The van der Waals surface area contributed by atoms with E-state index in [1.807, 2.05) is 51.1 Å². The van der Waals surface area contributed by atoms with Crippen LogP contribution in [-0.4, -0.2) is 44.3 Å². The van der Waals surface area contributed by atoms with Crippen molar-refractivity contribution in [2.75, 3.05) is 17.4 Å². The fraction of sp³-hybridized carbons (Fsp3) is 0.310. The van der Waals surface area contributed by atoms with Crippen LogP contribution in [-0.2, 0) is 26.2 Å². The second kappa shape index (κ2) is 13.1. The highest BCUT2D eigenvalue weighted by molar-refractivity contribution is 9.10. The minimum absolute atomic E-state index is 0.0798. The normalized spacial score (nSPS) is 12.2. The van der Waals surface area contributed by atoms with E-state index in [4.69, 9.17) is 0 Å². The number of anilines is 1. The predicted molar refractivity (Wildman–Crippen MR) is 154 cm³/mol. The van der Waals surface area contributed by atoms with Gasteiger partial charge in [-0.1, -0.05) is 77.8 Å². The Morgan fingerprint density at radius 1 is 0.895 bits per heavy atom. The molecule has 0 aromatic heterocycles. The molecule has 0 bridgehead atoms. The molecule has 1 atom stereocenters. The molecule has 1 N–H and O–H groups in total. The van der Waals surface area contributed by atoms with E-state index in [1.165, 1.54) is 17.0 Å². The Kier molecular flexibility index (Phi) is 10.1. The average Bonchev–Trinajstić information content (AvgIpc) is 2.89. The highest BCUT2D eigenvalue weighted by Gasteiger charge is 2.32. The van der Waals surface area contributed by atoms with Gasteiger partial charge in [0.2, 0.25) is 11.8 Å². The molecule has 0 radical (unpaired) electrons. The summed E-state index contributed by atoms with van der Waals surface area (Å²) in [5.41, 5.74) is 2.10. The molecule has 0 fully saturated rings. The van der Waals surface area contributed by atoms with Crippen LogP contribution in [0.15, 0.2) is 88.2 Å². The lowest BCUT2D eigenvalue weighted by Gasteiger charge is -2.32. The summed E-state index contributed by atoms with van der Waals surface area (Å²) in [5, 5.41) is 2.89. The SMILES string of the molecule is Cc1ccc(S(=O)(=O)N(CC(=O)N(Cc2ccccc2)[C@@H](C)C(=O)NCC(C)C)c2ccc(Br)cc2)cc1. The first-order chi connectivity index (χ1) is 18.0. The Hall–Kier alpha value is -3.17. The number of benzene rings is 3. The van der Waals surface area contributed by atoms with Crippen molar-refractivity contribution in [3.63, 3.8) is 0 Å². The third-order valence-corrected chi connectivity index (χ3v) is 8.37. The molecule has 3 rings (SSSR count). The van der Waals surface area contributed by atoms with Crippen LogP contribution >= 0.6 is 15.9 Å². The maximum atomic E-state index is 13.8. The van der Waals surface area contributed by atoms with Gasteiger partial charge in [-0.05, 0) is 61.7 Å². The van der Waals surface area contributed by atoms with Crippen molar-refractivity contribution in [3.05, 3.63) is 94.5 Å². The third-order valence-electron chi connectivity index (χ3n) is 6.05. The molecule has 2 amide bonds. The van der Waals surface area contributed by atoms with Crippen molar-refractivity contribution in [1.82, 2.24) is 10.2 Å². The molecule has 7 nitrogen and oxygen atoms in total. The van der Waals surface area contributed by atoms with E-state index in [2.05, 4.69) is 21.2 Å². The molecule has 0 saturated carbocycles. The zero-order valence-electron chi connectivity index (χ0n) is 22.1. The van der Waals surface area contributed by atoms with Gasteiger partial charge < -0.3 is 10.2 Å². The van der Waals surface area contributed by atoms with Gasteiger partial charge in [0.1, 0.15) is 12.6 Å². The molecule has 38 heavy (non-hydrogen) atoms. The molecule has 0 spiro atoms. The van der Waals surface area contributed by atoms with Crippen molar-refractivity contribution < 1.29 is 18.0 Å². The predicted octanol–water partition coefficient (Wildman–Crippen LogP) is 5.14. The lowest BCUT2D eigenvalue weighted by molar-refractivity contribution is -0.139. The minimum atomic E-state index is -4.08. The van der Waals surface area contributed by atoms with E-state index in [0.717, 1.165) is 19.9 Å². The number of rotatable bonds is 11. The molecule has 3 aromatic rings. The van der Waals surface area contributed by atoms with Gasteiger partial charge >= 0.3 is 0 Å². The number of hydrogen-bond donors (Lipinski definition) is 1. The van der Waals surface area contributed by atoms with Crippen LogP contribution in [0.1, 0.15) is 31.9 Å². The number of sulfonamides is 1. The first kappa shape index (κ1) is 29.4. The largest absolute Gasteiger partial charge is 0.354 e. The van der Waals surface area contributed by atoms with E-state index in [9.17, 15) is 18.0 Å². The highest BCUT2D eigenvalue weighted by atomic mass is 79.9. The van der Waals surface area contributed by atoms with Crippen molar-refractivity contribution >= 4 is 43.5 Å². The fourth-order valence-electron chi connectivity index (χ4n) is 3.79. The molecule has 3 aromatic carbocycles. The third kappa shape index (κ3) is 7.68. The Morgan fingerprint density at radius 3 is 2.08 bits per heavy atom. The van der Waals surface area contributed by atoms with Gasteiger partial charge in [-0.2, -0.15) is 0 Å². The zero-order valence-corrected chi connectivity index (χ0v) is 24.5. The van der Waals surface area contributed by atoms with Crippen LogP contribution < -0.4 is 9.62 Å². The van der Waals surface area contributed by atoms with Gasteiger partial charge in [0.15, 0.2) is 0 Å². The summed E-state index contributed by atoms with van der Waals surface area (Å²) in [6.45, 7) is 7.69. The molecule has 0 aliphatic heterocycles. The monoisotopic (exact) mass is 599 g/mol. The summed E-state index contributed by atoms with van der Waals surface area (Å²) in [6, 6.07) is 21.8. The number of hydrogen-bond acceptors (Lipinski definition) is 4. The van der Waals surface area contributed by atoms with Crippen LogP contribution in [0.5, 0.6) is 0 Å². The summed E-state index contributed by atoms with van der Waals surface area (Å²) < 4.78 is 29.5. The lowest BCUT2D eigenvalue weighted by atomic mass is 10.1. The smallest absolute Gasteiger partial charge is 0.264 e. The molecule has 0 aliphatic rings. The number of halogens is 1. The van der Waals surface area contributed by atoms with Gasteiger partial charge in [-0.25, -0.2) is 8.42 Å². The number of nitrogens with zero attached hydrogens (tertiary/aromatic N) is 2. The van der Waals surface area contributed by atoms with Crippen LogP contribution in [0, 0.1) is 12.8 Å². The standard InChI is InChI=1S/C29H34BrN3O4S/c1-21(2)18-31-29(35)23(4)32(19-24-8-6-5-7-9-24)28(34)20-33(26-14-12-25(30)13-15-26)38(36,37)27-16-10-22(3)11-17-27/h5-17,21,23H,18-20H2,1-4H3,(H,31,35)/t23-/m0/s1. The number of amides is 2. The zero-order chi connectivity index (χ0) is 27.9. The minimum Gasteiger partial charge on any atom is -0.354 e. The average molecular weight is 601 g/mol. The summed E-state index contributed by atoms with van der Waals surface area (Å²) in [4.78, 5) is 28.3. The molecule has 0 unspecified atom stereocenters. The Morgan fingerprint density at radius 2 is 1.50 bits per heavy atom. The van der Waals surface area contributed by atoms with E-state index >= 15 is 0 Å². The summed E-state index contributed by atoms with van der Waals surface area (Å²) in [6.07, 6.45) is 0. The van der Waals surface area contributed by atoms with Crippen molar-refractivity contribution in [3.8, 4) is 0 Å². The van der Waals surface area contributed by atoms with Crippen LogP contribution in [0.4, 0.5) is 5.69 Å². The second-order valence-electron chi connectivity index (χ2n) is 9.62. The van der Waals surface area contributed by atoms with Gasteiger partial charge in [0.25, 0.3) is 10.0 Å². The summed E-state index contributed by atoms with van der Waals surface area (Å²) in [7, 11) is -4.08. The molecule has 9 heteroatoms. The Bertz CT molecular complexity index is 1330. The first-order valence-electron chi connectivity index (χ1n) is 12.4. The van der Waals surface area contributed by atoms with E-state index < -0.39 is 28.5 Å². The van der Waals surface area contributed by atoms with Gasteiger partial charge in [0, 0.05) is 17.6 Å². The van der Waals surface area contributed by atoms with Crippen molar-refractivity contribution in [1.29, 1.82) is 0 Å².